The Bertz CT molecular complexity index is 688. The van der Waals surface area contributed by atoms with Crippen LogP contribution in [0.15, 0.2) is 48.6 Å². The van der Waals surface area contributed by atoms with E-state index in [1.807, 2.05) is 36.4 Å². The number of benzene rings is 1. The summed E-state index contributed by atoms with van der Waals surface area (Å²) < 4.78 is 0. The minimum Gasteiger partial charge on any atom is -0.382 e. The molecule has 0 saturated heterocycles. The van der Waals surface area contributed by atoms with Gasteiger partial charge in [0.05, 0.1) is 0 Å². The van der Waals surface area contributed by atoms with Gasteiger partial charge in [0.1, 0.15) is 5.54 Å². The van der Waals surface area contributed by atoms with E-state index in [1.165, 1.54) is 25.7 Å². The second-order valence-electron chi connectivity index (χ2n) is 7.54. The van der Waals surface area contributed by atoms with Crippen LogP contribution in [0.2, 0.25) is 0 Å². The maximum atomic E-state index is 13.1. The zero-order valence-electron chi connectivity index (χ0n) is 14.6. The molecule has 0 bridgehead atoms. The summed E-state index contributed by atoms with van der Waals surface area (Å²) in [5.41, 5.74) is 1.31. The van der Waals surface area contributed by atoms with Crippen molar-refractivity contribution in [1.82, 2.24) is 5.32 Å². The Labute approximate surface area is 149 Å². The first-order valence-corrected chi connectivity index (χ1v) is 9.54. The van der Waals surface area contributed by atoms with Gasteiger partial charge >= 0.3 is 0 Å². The molecule has 0 radical (unpaired) electrons. The molecular formula is C21H27N3O. The summed E-state index contributed by atoms with van der Waals surface area (Å²) in [6.07, 6.45) is 16.1. The second-order valence-corrected chi connectivity index (χ2v) is 7.54. The van der Waals surface area contributed by atoms with Crippen molar-refractivity contribution in [3.63, 3.8) is 0 Å². The van der Waals surface area contributed by atoms with Crippen molar-refractivity contribution in [1.29, 1.82) is 0 Å². The third kappa shape index (κ3) is 3.64. The number of amides is 1. The van der Waals surface area contributed by atoms with Crippen molar-refractivity contribution in [3.05, 3.63) is 48.6 Å². The highest BCUT2D eigenvalue weighted by Gasteiger charge is 2.38. The molecule has 4 rings (SSSR count). The molecule has 25 heavy (non-hydrogen) atoms. The number of hydrogen-bond donors (Lipinski definition) is 3. The smallest absolute Gasteiger partial charge is 0.249 e. The van der Waals surface area contributed by atoms with E-state index in [0.717, 1.165) is 24.2 Å². The molecule has 0 aromatic heterocycles. The van der Waals surface area contributed by atoms with Crippen LogP contribution in [0.5, 0.6) is 0 Å². The molecule has 3 aliphatic carbocycles. The summed E-state index contributed by atoms with van der Waals surface area (Å²) in [5, 5.41) is 10.3. The summed E-state index contributed by atoms with van der Waals surface area (Å²) in [6.45, 7) is 0. The standard InChI is InChI=1S/C21H27N3O/c25-20(21(13-2-1-3-14-21)24-17-9-5-10-17)23-19-12-6-11-18(15-19)22-16-7-4-8-16/h1-3,6,11-13,15-17,22,24H,4-5,7-10,14H2,(H,23,25). The number of nitrogens with one attached hydrogen (secondary N) is 3. The Hall–Kier alpha value is -2.07. The lowest BCUT2D eigenvalue weighted by Crippen LogP contribution is -2.58. The quantitative estimate of drug-likeness (QED) is 0.736. The summed E-state index contributed by atoms with van der Waals surface area (Å²) in [4.78, 5) is 13.1. The maximum absolute atomic E-state index is 13.1. The molecule has 1 aromatic rings. The van der Waals surface area contributed by atoms with Crippen LogP contribution < -0.4 is 16.0 Å². The van der Waals surface area contributed by atoms with Gasteiger partial charge in [-0.05, 0) is 56.7 Å². The second kappa shape index (κ2) is 7.04. The fourth-order valence-corrected chi connectivity index (χ4v) is 3.60. The third-order valence-corrected chi connectivity index (χ3v) is 5.64. The monoisotopic (exact) mass is 337 g/mol. The first kappa shape index (κ1) is 16.4. The molecule has 0 spiro atoms. The number of hydrogen-bond acceptors (Lipinski definition) is 3. The van der Waals surface area contributed by atoms with E-state index in [1.54, 1.807) is 0 Å². The number of carbonyl (C=O) groups is 1. The van der Waals surface area contributed by atoms with E-state index in [4.69, 9.17) is 0 Å². The van der Waals surface area contributed by atoms with Crippen molar-refractivity contribution in [2.75, 3.05) is 10.6 Å². The molecule has 2 saturated carbocycles. The summed E-state index contributed by atoms with van der Waals surface area (Å²) >= 11 is 0. The predicted octanol–water partition coefficient (Wildman–Crippen LogP) is 3.99. The van der Waals surface area contributed by atoms with Gasteiger partial charge in [0.2, 0.25) is 5.91 Å². The van der Waals surface area contributed by atoms with Crippen molar-refractivity contribution >= 4 is 17.3 Å². The van der Waals surface area contributed by atoms with Crippen LogP contribution in [0, 0.1) is 0 Å². The predicted molar refractivity (Wildman–Crippen MR) is 103 cm³/mol. The van der Waals surface area contributed by atoms with E-state index in [2.05, 4.69) is 28.1 Å². The van der Waals surface area contributed by atoms with E-state index in [9.17, 15) is 4.79 Å². The van der Waals surface area contributed by atoms with Crippen LogP contribution in [0.4, 0.5) is 11.4 Å². The molecule has 1 unspecified atom stereocenters. The Morgan fingerprint density at radius 3 is 2.40 bits per heavy atom. The van der Waals surface area contributed by atoms with Crippen molar-refractivity contribution in [2.45, 2.75) is 62.6 Å². The fourth-order valence-electron chi connectivity index (χ4n) is 3.60. The maximum Gasteiger partial charge on any atom is 0.249 e. The number of allylic oxidation sites excluding steroid dienone is 2. The minimum absolute atomic E-state index is 0.0285. The van der Waals surface area contributed by atoms with Gasteiger partial charge in [-0.15, -0.1) is 0 Å². The molecule has 1 atom stereocenters. The molecule has 4 nitrogen and oxygen atoms in total. The third-order valence-electron chi connectivity index (χ3n) is 5.64. The topological polar surface area (TPSA) is 53.2 Å². The lowest BCUT2D eigenvalue weighted by molar-refractivity contribution is -0.121. The molecule has 3 aliphatic rings. The highest BCUT2D eigenvalue weighted by molar-refractivity contribution is 6.00. The van der Waals surface area contributed by atoms with Gasteiger partial charge in [-0.2, -0.15) is 0 Å². The summed E-state index contributed by atoms with van der Waals surface area (Å²) in [5.74, 6) is 0.0285. The van der Waals surface area contributed by atoms with Gasteiger partial charge in [-0.1, -0.05) is 36.8 Å². The van der Waals surface area contributed by atoms with Gasteiger partial charge < -0.3 is 10.6 Å². The van der Waals surface area contributed by atoms with Crippen LogP contribution >= 0.6 is 0 Å². The molecule has 1 amide bonds. The molecule has 0 aliphatic heterocycles. The van der Waals surface area contributed by atoms with Crippen LogP contribution in [-0.4, -0.2) is 23.5 Å². The highest BCUT2D eigenvalue weighted by atomic mass is 16.2. The molecule has 3 N–H and O–H groups in total. The van der Waals surface area contributed by atoms with E-state index < -0.39 is 5.54 Å². The fraction of sp³-hybridized carbons (Fsp3) is 0.476. The van der Waals surface area contributed by atoms with E-state index in [0.29, 0.717) is 18.5 Å². The molecule has 4 heteroatoms. The molecule has 1 aromatic carbocycles. The zero-order valence-corrected chi connectivity index (χ0v) is 14.6. The average Bonchev–Trinajstić information content (AvgIpc) is 2.56. The van der Waals surface area contributed by atoms with E-state index in [-0.39, 0.29) is 5.91 Å². The normalized spacial score (nSPS) is 25.9. The lowest BCUT2D eigenvalue weighted by Gasteiger charge is -2.38. The van der Waals surface area contributed by atoms with Crippen LogP contribution in [0.3, 0.4) is 0 Å². The zero-order chi connectivity index (χ0) is 17.1. The number of rotatable bonds is 6. The SMILES string of the molecule is O=C(Nc1cccc(NC2CCC2)c1)C1(NC2CCC2)C=CC=CC1. The van der Waals surface area contributed by atoms with Crippen LogP contribution in [0.1, 0.15) is 44.9 Å². The van der Waals surface area contributed by atoms with Gasteiger partial charge in [0.25, 0.3) is 0 Å². The number of carbonyl (C=O) groups excluding carboxylic acids is 1. The van der Waals surface area contributed by atoms with Gasteiger partial charge in [0.15, 0.2) is 0 Å². The average molecular weight is 337 g/mol. The highest BCUT2D eigenvalue weighted by Crippen LogP contribution is 2.28. The Morgan fingerprint density at radius 2 is 1.76 bits per heavy atom. The Balaban J connectivity index is 1.46. The van der Waals surface area contributed by atoms with Crippen molar-refractivity contribution in [3.8, 4) is 0 Å². The summed E-state index contributed by atoms with van der Waals surface area (Å²) in [6, 6.07) is 9.11. The molecule has 2 fully saturated rings. The van der Waals surface area contributed by atoms with Crippen molar-refractivity contribution in [2.24, 2.45) is 0 Å². The first-order chi connectivity index (χ1) is 12.2. The van der Waals surface area contributed by atoms with Crippen molar-refractivity contribution < 1.29 is 4.79 Å². The van der Waals surface area contributed by atoms with Crippen LogP contribution in [-0.2, 0) is 4.79 Å². The molecular weight excluding hydrogens is 310 g/mol. The Morgan fingerprint density at radius 1 is 1.00 bits per heavy atom. The Kier molecular flexibility index (Phi) is 4.62. The minimum atomic E-state index is -0.628. The molecule has 132 valence electrons. The van der Waals surface area contributed by atoms with E-state index >= 15 is 0 Å². The summed E-state index contributed by atoms with van der Waals surface area (Å²) in [7, 11) is 0. The first-order valence-electron chi connectivity index (χ1n) is 9.54. The van der Waals surface area contributed by atoms with Gasteiger partial charge in [-0.25, -0.2) is 0 Å². The van der Waals surface area contributed by atoms with Gasteiger partial charge in [0, 0.05) is 23.5 Å². The number of anilines is 2. The molecule has 0 heterocycles. The largest absolute Gasteiger partial charge is 0.382 e. The lowest BCUT2D eigenvalue weighted by atomic mass is 9.84. The van der Waals surface area contributed by atoms with Gasteiger partial charge in [-0.3, -0.25) is 10.1 Å². The van der Waals surface area contributed by atoms with Crippen LogP contribution in [0.25, 0.3) is 0 Å².